The van der Waals surface area contributed by atoms with E-state index >= 15 is 0 Å². The van der Waals surface area contributed by atoms with Crippen LogP contribution in [-0.2, 0) is 0 Å². The monoisotopic (exact) mass is 356 g/mol. The van der Waals surface area contributed by atoms with Gasteiger partial charge < -0.3 is 4.42 Å². The second-order valence-corrected chi connectivity index (χ2v) is 6.14. The van der Waals surface area contributed by atoms with Crippen LogP contribution < -0.4 is 0 Å². The molecule has 1 aromatic heterocycles. The fraction of sp³-hybridized carbons (Fsp3) is 0. The minimum Gasteiger partial charge on any atom is -0.456 e. The third kappa shape index (κ3) is 1.98. The van der Waals surface area contributed by atoms with Crippen molar-refractivity contribution in [2.24, 2.45) is 0 Å². The predicted octanol–water partition coefficient (Wildman–Crippen LogP) is 6.67. The third-order valence-electron chi connectivity index (χ3n) is 3.64. The fourth-order valence-corrected chi connectivity index (χ4v) is 3.49. The van der Waals surface area contributed by atoms with Crippen molar-refractivity contribution in [1.29, 1.82) is 0 Å². The molecule has 0 aliphatic heterocycles. The van der Waals surface area contributed by atoms with Crippen LogP contribution in [0.4, 0.5) is 0 Å². The maximum Gasteiger partial charge on any atom is 0.136 e. The summed E-state index contributed by atoms with van der Waals surface area (Å²) in [6.07, 6.45) is 0. The van der Waals surface area contributed by atoms with Crippen molar-refractivity contribution >= 4 is 49.5 Å². The molecular weight excluding hydrogens is 348 g/mol. The molecule has 1 heterocycles. The van der Waals surface area contributed by atoms with Gasteiger partial charge >= 0.3 is 0 Å². The molecule has 0 bridgehead atoms. The first-order valence-corrected chi connectivity index (χ1v) is 7.77. The lowest BCUT2D eigenvalue weighted by Crippen LogP contribution is -1.81. The highest BCUT2D eigenvalue weighted by atomic mass is 79.9. The first-order valence-electron chi connectivity index (χ1n) is 6.60. The summed E-state index contributed by atoms with van der Waals surface area (Å²) in [4.78, 5) is 0. The highest BCUT2D eigenvalue weighted by Gasteiger charge is 2.15. The highest BCUT2D eigenvalue weighted by molar-refractivity contribution is 9.10. The summed E-state index contributed by atoms with van der Waals surface area (Å²) < 4.78 is 6.99. The van der Waals surface area contributed by atoms with E-state index in [-0.39, 0.29) is 0 Å². The first-order chi connectivity index (χ1) is 10.3. The number of halogens is 2. The van der Waals surface area contributed by atoms with Gasteiger partial charge in [0.15, 0.2) is 0 Å². The lowest BCUT2D eigenvalue weighted by atomic mass is 9.99. The predicted molar refractivity (Wildman–Crippen MR) is 91.9 cm³/mol. The van der Waals surface area contributed by atoms with Gasteiger partial charge in [0.05, 0.1) is 5.02 Å². The van der Waals surface area contributed by atoms with Gasteiger partial charge in [0, 0.05) is 15.2 Å². The number of fused-ring (bicyclic) bond motifs is 3. The van der Waals surface area contributed by atoms with Crippen molar-refractivity contribution in [2.75, 3.05) is 0 Å². The summed E-state index contributed by atoms with van der Waals surface area (Å²) in [6, 6.07) is 20.0. The van der Waals surface area contributed by atoms with E-state index in [4.69, 9.17) is 16.0 Å². The van der Waals surface area contributed by atoms with Crippen LogP contribution in [0.15, 0.2) is 69.6 Å². The van der Waals surface area contributed by atoms with Gasteiger partial charge in [-0.2, -0.15) is 0 Å². The zero-order valence-corrected chi connectivity index (χ0v) is 13.3. The molecule has 4 rings (SSSR count). The molecule has 0 saturated heterocycles. The molecule has 0 fully saturated rings. The van der Waals surface area contributed by atoms with E-state index in [1.807, 2.05) is 48.5 Å². The van der Waals surface area contributed by atoms with Crippen LogP contribution in [0.3, 0.4) is 0 Å². The average Bonchev–Trinajstić information content (AvgIpc) is 2.87. The van der Waals surface area contributed by atoms with Crippen molar-refractivity contribution in [2.45, 2.75) is 0 Å². The van der Waals surface area contributed by atoms with E-state index in [1.165, 1.54) is 0 Å². The molecule has 4 aromatic rings. The Morgan fingerprint density at radius 2 is 1.38 bits per heavy atom. The Morgan fingerprint density at radius 3 is 2.19 bits per heavy atom. The molecular formula is C18H10BrClO. The molecule has 0 spiro atoms. The maximum atomic E-state index is 6.40. The van der Waals surface area contributed by atoms with Crippen molar-refractivity contribution < 1.29 is 4.42 Å². The van der Waals surface area contributed by atoms with Gasteiger partial charge in [0.25, 0.3) is 0 Å². The normalized spacial score (nSPS) is 11.3. The van der Waals surface area contributed by atoms with E-state index in [2.05, 4.69) is 28.1 Å². The minimum atomic E-state index is 0.714. The third-order valence-corrected chi connectivity index (χ3v) is 4.64. The Labute approximate surface area is 135 Å². The van der Waals surface area contributed by atoms with Gasteiger partial charge in [-0.05, 0) is 35.4 Å². The number of benzene rings is 3. The molecule has 21 heavy (non-hydrogen) atoms. The summed E-state index contributed by atoms with van der Waals surface area (Å²) in [7, 11) is 0. The van der Waals surface area contributed by atoms with Gasteiger partial charge in [0.2, 0.25) is 0 Å². The van der Waals surface area contributed by atoms with Crippen molar-refractivity contribution in [3.05, 3.63) is 70.2 Å². The van der Waals surface area contributed by atoms with Crippen LogP contribution in [0.1, 0.15) is 0 Å². The summed E-state index contributed by atoms with van der Waals surface area (Å²) in [5, 5.41) is 2.75. The first kappa shape index (κ1) is 12.9. The van der Waals surface area contributed by atoms with Crippen molar-refractivity contribution in [3.63, 3.8) is 0 Å². The molecule has 0 N–H and O–H groups in total. The Hall–Kier alpha value is -1.77. The van der Waals surface area contributed by atoms with Gasteiger partial charge in [-0.1, -0.05) is 63.9 Å². The molecule has 0 atom stereocenters. The maximum absolute atomic E-state index is 6.40. The smallest absolute Gasteiger partial charge is 0.136 e. The van der Waals surface area contributed by atoms with Crippen molar-refractivity contribution in [1.82, 2.24) is 0 Å². The van der Waals surface area contributed by atoms with Gasteiger partial charge in [-0.25, -0.2) is 0 Å². The van der Waals surface area contributed by atoms with Gasteiger partial charge in [0.1, 0.15) is 11.2 Å². The zero-order valence-electron chi connectivity index (χ0n) is 10.9. The second-order valence-electron chi connectivity index (χ2n) is 4.87. The number of furan rings is 1. The van der Waals surface area contributed by atoms with Gasteiger partial charge in [-0.15, -0.1) is 0 Å². The van der Waals surface area contributed by atoms with Crippen LogP contribution in [0.25, 0.3) is 33.1 Å². The van der Waals surface area contributed by atoms with E-state index in [9.17, 15) is 0 Å². The quantitative estimate of drug-likeness (QED) is 0.371. The van der Waals surface area contributed by atoms with Gasteiger partial charge in [-0.3, -0.25) is 0 Å². The molecule has 1 nitrogen and oxygen atoms in total. The largest absolute Gasteiger partial charge is 0.456 e. The Balaban J connectivity index is 2.20. The lowest BCUT2D eigenvalue weighted by molar-refractivity contribution is 0.669. The summed E-state index contributed by atoms with van der Waals surface area (Å²) in [5.41, 5.74) is 3.92. The topological polar surface area (TPSA) is 13.1 Å². The van der Waals surface area contributed by atoms with E-state index in [0.717, 1.165) is 37.5 Å². The van der Waals surface area contributed by atoms with E-state index < -0.39 is 0 Å². The second kappa shape index (κ2) is 4.90. The Bertz CT molecular complexity index is 971. The number of hydrogen-bond acceptors (Lipinski definition) is 1. The zero-order chi connectivity index (χ0) is 14.4. The van der Waals surface area contributed by atoms with Crippen LogP contribution in [0.5, 0.6) is 0 Å². The number of hydrogen-bond donors (Lipinski definition) is 0. The molecule has 3 aromatic carbocycles. The van der Waals surface area contributed by atoms with Crippen LogP contribution in [0.2, 0.25) is 5.02 Å². The summed E-state index contributed by atoms with van der Waals surface area (Å²) in [6.45, 7) is 0. The van der Waals surface area contributed by atoms with E-state index in [1.54, 1.807) is 0 Å². The molecule has 0 aliphatic carbocycles. The minimum absolute atomic E-state index is 0.714. The van der Waals surface area contributed by atoms with Crippen molar-refractivity contribution in [3.8, 4) is 11.1 Å². The SMILES string of the molecule is Clc1cccc2oc3cccc(-c4ccccc4Br)c3c12. The fourth-order valence-electron chi connectivity index (χ4n) is 2.73. The lowest BCUT2D eigenvalue weighted by Gasteiger charge is -2.06. The summed E-state index contributed by atoms with van der Waals surface area (Å²) in [5.74, 6) is 0. The molecule has 0 radical (unpaired) electrons. The number of rotatable bonds is 1. The highest BCUT2D eigenvalue weighted by Crippen LogP contribution is 2.41. The standard InChI is InChI=1S/C18H10BrClO/c19-13-7-2-1-5-11(13)12-6-3-9-15-17(12)18-14(20)8-4-10-16(18)21-15/h1-10H. The molecule has 0 aliphatic rings. The average molecular weight is 358 g/mol. The van der Waals surface area contributed by atoms with Crippen LogP contribution >= 0.6 is 27.5 Å². The molecule has 0 amide bonds. The Kier molecular flexibility index (Phi) is 3.02. The molecule has 3 heteroatoms. The molecule has 0 unspecified atom stereocenters. The van der Waals surface area contributed by atoms with Crippen LogP contribution in [-0.4, -0.2) is 0 Å². The molecule has 0 saturated carbocycles. The molecule has 102 valence electrons. The summed E-state index contributed by atoms with van der Waals surface area (Å²) >= 11 is 10.0. The van der Waals surface area contributed by atoms with Crippen LogP contribution in [0, 0.1) is 0 Å². The van der Waals surface area contributed by atoms with E-state index in [0.29, 0.717) is 5.02 Å². The Morgan fingerprint density at radius 1 is 0.714 bits per heavy atom.